The molecule has 15 heavy (non-hydrogen) atoms. The number of nitrogens with one attached hydrogen (secondary N) is 1. The van der Waals surface area contributed by atoms with Gasteiger partial charge >= 0.3 is 0 Å². The van der Waals surface area contributed by atoms with Gasteiger partial charge in [0, 0.05) is 31.5 Å². The summed E-state index contributed by atoms with van der Waals surface area (Å²) in [5.41, 5.74) is 0. The quantitative estimate of drug-likeness (QED) is 0.591. The molecule has 0 saturated heterocycles. The average molecular weight is 213 g/mol. The lowest BCUT2D eigenvalue weighted by atomic mass is 10.3. The van der Waals surface area contributed by atoms with Crippen LogP contribution in [0, 0.1) is 0 Å². The highest BCUT2D eigenvalue weighted by Gasteiger charge is 2.00. The van der Waals surface area contributed by atoms with Crippen molar-refractivity contribution < 1.29 is 9.84 Å². The zero-order chi connectivity index (χ0) is 10.9. The van der Waals surface area contributed by atoms with Gasteiger partial charge in [-0.1, -0.05) is 0 Å². The maximum atomic E-state index is 8.49. The Hall–Kier alpha value is -0.910. The van der Waals surface area contributed by atoms with E-state index in [1.165, 1.54) is 0 Å². The van der Waals surface area contributed by atoms with Gasteiger partial charge < -0.3 is 19.7 Å². The van der Waals surface area contributed by atoms with E-state index in [0.717, 1.165) is 13.1 Å². The average Bonchev–Trinajstić information content (AvgIpc) is 2.70. The third-order valence-corrected chi connectivity index (χ3v) is 2.02. The van der Waals surface area contributed by atoms with Gasteiger partial charge in [-0.3, -0.25) is 0 Å². The molecule has 0 saturated carbocycles. The molecule has 1 aromatic heterocycles. The summed E-state index contributed by atoms with van der Waals surface area (Å²) in [5, 5.41) is 11.8. The first kappa shape index (κ1) is 12.2. The van der Waals surface area contributed by atoms with E-state index >= 15 is 0 Å². The first-order valence-electron chi connectivity index (χ1n) is 5.20. The third kappa shape index (κ3) is 5.51. The van der Waals surface area contributed by atoms with Gasteiger partial charge in [-0.05, 0) is 6.92 Å². The summed E-state index contributed by atoms with van der Waals surface area (Å²) in [5.74, 6) is 0. The van der Waals surface area contributed by atoms with Crippen molar-refractivity contribution in [3.63, 3.8) is 0 Å². The lowest BCUT2D eigenvalue weighted by molar-refractivity contribution is 0.0925. The molecule has 1 aromatic rings. The molecule has 0 spiro atoms. The predicted molar refractivity (Wildman–Crippen MR) is 57.6 cm³/mol. The highest BCUT2D eigenvalue weighted by molar-refractivity contribution is 4.76. The number of imidazole rings is 1. The highest BCUT2D eigenvalue weighted by atomic mass is 16.5. The molecule has 0 aliphatic rings. The van der Waals surface area contributed by atoms with E-state index < -0.39 is 0 Å². The first-order valence-corrected chi connectivity index (χ1v) is 5.20. The van der Waals surface area contributed by atoms with Crippen molar-refractivity contribution >= 4 is 0 Å². The first-order chi connectivity index (χ1) is 7.33. The highest BCUT2D eigenvalue weighted by Crippen LogP contribution is 1.90. The molecule has 1 unspecified atom stereocenters. The van der Waals surface area contributed by atoms with Gasteiger partial charge in [0.1, 0.15) is 0 Å². The Morgan fingerprint density at radius 2 is 2.40 bits per heavy atom. The van der Waals surface area contributed by atoms with Crippen LogP contribution in [0.2, 0.25) is 0 Å². The Morgan fingerprint density at radius 3 is 3.07 bits per heavy atom. The van der Waals surface area contributed by atoms with E-state index in [1.807, 2.05) is 10.8 Å². The van der Waals surface area contributed by atoms with Gasteiger partial charge in [0.05, 0.1) is 26.1 Å². The van der Waals surface area contributed by atoms with Crippen molar-refractivity contribution in [3.8, 4) is 0 Å². The fourth-order valence-corrected chi connectivity index (χ4v) is 1.32. The number of nitrogens with zero attached hydrogens (tertiary/aromatic N) is 2. The van der Waals surface area contributed by atoms with Crippen molar-refractivity contribution in [1.82, 2.24) is 14.9 Å². The Bertz CT molecular complexity index is 239. The molecule has 0 aliphatic carbocycles. The van der Waals surface area contributed by atoms with Crippen LogP contribution in [-0.2, 0) is 11.3 Å². The van der Waals surface area contributed by atoms with E-state index in [-0.39, 0.29) is 6.61 Å². The number of rotatable bonds is 8. The topological polar surface area (TPSA) is 59.3 Å². The molecular weight excluding hydrogens is 194 g/mol. The molecule has 5 nitrogen and oxygen atoms in total. The predicted octanol–water partition coefficient (Wildman–Crippen LogP) is -0.130. The number of aliphatic hydroxyl groups is 1. The van der Waals surface area contributed by atoms with Crippen LogP contribution < -0.4 is 5.32 Å². The fourth-order valence-electron chi connectivity index (χ4n) is 1.32. The van der Waals surface area contributed by atoms with Gasteiger partial charge in [0.25, 0.3) is 0 Å². The summed E-state index contributed by atoms with van der Waals surface area (Å²) < 4.78 is 7.17. The molecule has 0 bridgehead atoms. The van der Waals surface area contributed by atoms with Gasteiger partial charge in [-0.15, -0.1) is 0 Å². The zero-order valence-corrected chi connectivity index (χ0v) is 9.09. The SMILES string of the molecule is CC(Cn1ccnc1)NCCOCCO. The maximum Gasteiger partial charge on any atom is 0.0946 e. The summed E-state index contributed by atoms with van der Waals surface area (Å²) >= 11 is 0. The normalized spacial score (nSPS) is 12.9. The lowest BCUT2D eigenvalue weighted by Crippen LogP contribution is -2.32. The van der Waals surface area contributed by atoms with Crippen LogP contribution in [0.15, 0.2) is 18.7 Å². The van der Waals surface area contributed by atoms with Crippen LogP contribution in [0.1, 0.15) is 6.92 Å². The van der Waals surface area contributed by atoms with Crippen LogP contribution in [-0.4, -0.2) is 47.1 Å². The molecule has 0 aliphatic heterocycles. The van der Waals surface area contributed by atoms with Crippen molar-refractivity contribution in [2.75, 3.05) is 26.4 Å². The van der Waals surface area contributed by atoms with E-state index in [4.69, 9.17) is 9.84 Å². The van der Waals surface area contributed by atoms with Crippen LogP contribution >= 0.6 is 0 Å². The Morgan fingerprint density at radius 1 is 1.53 bits per heavy atom. The second-order valence-electron chi connectivity index (χ2n) is 3.45. The van der Waals surface area contributed by atoms with Gasteiger partial charge in [0.2, 0.25) is 0 Å². The van der Waals surface area contributed by atoms with Crippen LogP contribution in [0.25, 0.3) is 0 Å². The van der Waals surface area contributed by atoms with Crippen molar-refractivity contribution in [1.29, 1.82) is 0 Å². The van der Waals surface area contributed by atoms with Crippen molar-refractivity contribution in [2.24, 2.45) is 0 Å². The second-order valence-corrected chi connectivity index (χ2v) is 3.45. The number of ether oxygens (including phenoxy) is 1. The summed E-state index contributed by atoms with van der Waals surface area (Å²) in [6.07, 6.45) is 5.53. The maximum absolute atomic E-state index is 8.49. The molecule has 5 heteroatoms. The molecule has 0 amide bonds. The molecular formula is C10H19N3O2. The second kappa shape index (κ2) is 7.39. The Labute approximate surface area is 90.1 Å². The Kier molecular flexibility index (Phi) is 5.99. The van der Waals surface area contributed by atoms with E-state index in [0.29, 0.717) is 19.3 Å². The molecule has 86 valence electrons. The molecule has 2 N–H and O–H groups in total. The van der Waals surface area contributed by atoms with E-state index in [9.17, 15) is 0 Å². The van der Waals surface area contributed by atoms with Gasteiger partial charge in [-0.2, -0.15) is 0 Å². The zero-order valence-electron chi connectivity index (χ0n) is 9.09. The van der Waals surface area contributed by atoms with Crippen LogP contribution in [0.3, 0.4) is 0 Å². The van der Waals surface area contributed by atoms with E-state index in [2.05, 4.69) is 17.2 Å². The number of hydrogen-bond acceptors (Lipinski definition) is 4. The smallest absolute Gasteiger partial charge is 0.0946 e. The van der Waals surface area contributed by atoms with Gasteiger partial charge in [0.15, 0.2) is 0 Å². The van der Waals surface area contributed by atoms with Crippen molar-refractivity contribution in [3.05, 3.63) is 18.7 Å². The summed E-state index contributed by atoms with van der Waals surface area (Å²) in [6, 6.07) is 0.386. The summed E-state index contributed by atoms with van der Waals surface area (Å²) in [4.78, 5) is 3.98. The lowest BCUT2D eigenvalue weighted by Gasteiger charge is -2.14. The minimum absolute atomic E-state index is 0.0879. The van der Waals surface area contributed by atoms with Crippen LogP contribution in [0.5, 0.6) is 0 Å². The largest absolute Gasteiger partial charge is 0.394 e. The van der Waals surface area contributed by atoms with Crippen LogP contribution in [0.4, 0.5) is 0 Å². The molecule has 1 atom stereocenters. The monoisotopic (exact) mass is 213 g/mol. The number of aromatic nitrogens is 2. The summed E-state index contributed by atoms with van der Waals surface area (Å²) in [7, 11) is 0. The van der Waals surface area contributed by atoms with Crippen molar-refractivity contribution in [2.45, 2.75) is 19.5 Å². The minimum Gasteiger partial charge on any atom is -0.394 e. The number of aliphatic hydroxyl groups excluding tert-OH is 1. The molecule has 0 fully saturated rings. The third-order valence-electron chi connectivity index (χ3n) is 2.02. The van der Waals surface area contributed by atoms with E-state index in [1.54, 1.807) is 12.5 Å². The number of hydrogen-bond donors (Lipinski definition) is 2. The minimum atomic E-state index is 0.0879. The Balaban J connectivity index is 2.01. The van der Waals surface area contributed by atoms with Gasteiger partial charge in [-0.25, -0.2) is 4.98 Å². The molecule has 1 heterocycles. The molecule has 0 aromatic carbocycles. The molecule has 1 rings (SSSR count). The molecule has 0 radical (unpaired) electrons. The summed E-state index contributed by atoms with van der Waals surface area (Å²) in [6.45, 7) is 4.96. The fraction of sp³-hybridized carbons (Fsp3) is 0.700. The standard InChI is InChI=1S/C10H19N3O2/c1-10(8-13-4-2-11-9-13)12-3-6-15-7-5-14/h2,4,9-10,12,14H,3,5-8H2,1H3.